The zero-order valence-corrected chi connectivity index (χ0v) is 6.03. The molecule has 1 aromatic carbocycles. The zero-order valence-electron chi connectivity index (χ0n) is 5.13. The summed E-state index contributed by atoms with van der Waals surface area (Å²) in [5.41, 5.74) is 11.2. The third-order valence-electron chi connectivity index (χ3n) is 1.15. The summed E-state index contributed by atoms with van der Waals surface area (Å²) in [6, 6.07) is 2.38. The van der Waals surface area contributed by atoms with Crippen molar-refractivity contribution in [2.75, 3.05) is 11.5 Å². The number of thiol groups is 1. The predicted molar refractivity (Wildman–Crippen MR) is 42.5 cm³/mol. The van der Waals surface area contributed by atoms with Crippen LogP contribution in [0.4, 0.5) is 15.8 Å². The molecule has 0 radical (unpaired) electrons. The smallest absolute Gasteiger partial charge is 0.126 e. The Morgan fingerprint density at radius 1 is 1.30 bits per heavy atom. The molecule has 1 aromatic rings. The van der Waals surface area contributed by atoms with Gasteiger partial charge in [-0.1, -0.05) is 0 Å². The van der Waals surface area contributed by atoms with E-state index in [0.717, 1.165) is 6.07 Å². The third kappa shape index (κ3) is 1.16. The molecule has 0 aliphatic carbocycles. The predicted octanol–water partition coefficient (Wildman–Crippen LogP) is 1.28. The van der Waals surface area contributed by atoms with E-state index in [9.17, 15) is 4.39 Å². The van der Waals surface area contributed by atoms with Crippen LogP contribution in [0.3, 0.4) is 0 Å². The summed E-state index contributed by atoms with van der Waals surface area (Å²) in [6.07, 6.45) is 0. The van der Waals surface area contributed by atoms with Crippen LogP contribution in [-0.2, 0) is 0 Å². The maximum absolute atomic E-state index is 12.4. The molecule has 0 fully saturated rings. The van der Waals surface area contributed by atoms with E-state index in [-0.39, 0.29) is 5.69 Å². The topological polar surface area (TPSA) is 52.0 Å². The van der Waals surface area contributed by atoms with Gasteiger partial charge in [0.15, 0.2) is 0 Å². The highest BCUT2D eigenvalue weighted by Gasteiger charge is 2.00. The molecule has 0 aliphatic rings. The van der Waals surface area contributed by atoms with E-state index in [1.165, 1.54) is 6.07 Å². The summed E-state index contributed by atoms with van der Waals surface area (Å²) >= 11 is 3.89. The average Bonchev–Trinajstić information content (AvgIpc) is 1.82. The van der Waals surface area contributed by atoms with Gasteiger partial charge >= 0.3 is 0 Å². The van der Waals surface area contributed by atoms with Crippen LogP contribution in [0.15, 0.2) is 17.0 Å². The molecule has 4 N–H and O–H groups in total. The fourth-order valence-electron chi connectivity index (χ4n) is 0.624. The summed E-state index contributed by atoms with van der Waals surface area (Å²) in [7, 11) is 0. The van der Waals surface area contributed by atoms with Gasteiger partial charge < -0.3 is 11.5 Å². The molecular weight excluding hydrogens is 151 g/mol. The van der Waals surface area contributed by atoms with Gasteiger partial charge in [-0.25, -0.2) is 4.39 Å². The second kappa shape index (κ2) is 2.38. The van der Waals surface area contributed by atoms with Crippen LogP contribution in [0.2, 0.25) is 0 Å². The zero-order chi connectivity index (χ0) is 7.72. The van der Waals surface area contributed by atoms with E-state index in [0.29, 0.717) is 10.6 Å². The van der Waals surface area contributed by atoms with E-state index in [1.54, 1.807) is 0 Å². The fourth-order valence-corrected chi connectivity index (χ4v) is 0.877. The molecular formula is C6H7FN2S. The number of halogens is 1. The molecule has 0 heterocycles. The van der Waals surface area contributed by atoms with Gasteiger partial charge in [-0.2, -0.15) is 0 Å². The molecule has 0 saturated carbocycles. The third-order valence-corrected chi connectivity index (χ3v) is 1.52. The maximum Gasteiger partial charge on any atom is 0.126 e. The molecule has 54 valence electrons. The van der Waals surface area contributed by atoms with E-state index in [2.05, 4.69) is 12.6 Å². The van der Waals surface area contributed by atoms with Crippen LogP contribution in [0.5, 0.6) is 0 Å². The van der Waals surface area contributed by atoms with Gasteiger partial charge in [-0.15, -0.1) is 12.6 Å². The molecule has 4 heteroatoms. The average molecular weight is 158 g/mol. The van der Waals surface area contributed by atoms with Crippen LogP contribution in [0.25, 0.3) is 0 Å². The first kappa shape index (κ1) is 7.21. The van der Waals surface area contributed by atoms with E-state index >= 15 is 0 Å². The Balaban J connectivity index is 3.31. The van der Waals surface area contributed by atoms with Gasteiger partial charge in [0, 0.05) is 4.90 Å². The summed E-state index contributed by atoms with van der Waals surface area (Å²) in [4.78, 5) is 0.373. The Bertz CT molecular complexity index is 239. The Labute approximate surface area is 63.4 Å². The SMILES string of the molecule is Nc1cc(F)cc(S)c1N. The second-order valence-corrected chi connectivity index (χ2v) is 2.41. The lowest BCUT2D eigenvalue weighted by molar-refractivity contribution is 0.625. The molecule has 10 heavy (non-hydrogen) atoms. The number of rotatable bonds is 0. The summed E-state index contributed by atoms with van der Waals surface area (Å²) in [6.45, 7) is 0. The molecule has 0 spiro atoms. The van der Waals surface area contributed by atoms with Crippen molar-refractivity contribution in [2.24, 2.45) is 0 Å². The highest BCUT2D eigenvalue weighted by molar-refractivity contribution is 7.80. The number of hydrogen-bond donors (Lipinski definition) is 3. The van der Waals surface area contributed by atoms with Crippen molar-refractivity contribution in [3.8, 4) is 0 Å². The van der Waals surface area contributed by atoms with Crippen molar-refractivity contribution >= 4 is 24.0 Å². The van der Waals surface area contributed by atoms with Gasteiger partial charge in [0.2, 0.25) is 0 Å². The summed E-state index contributed by atoms with van der Waals surface area (Å²) < 4.78 is 12.4. The summed E-state index contributed by atoms with van der Waals surface area (Å²) in [5.74, 6) is -0.420. The molecule has 0 aliphatic heterocycles. The van der Waals surface area contributed by atoms with E-state index in [1.807, 2.05) is 0 Å². The molecule has 1 rings (SSSR count). The highest BCUT2D eigenvalue weighted by Crippen LogP contribution is 2.24. The maximum atomic E-state index is 12.4. The van der Waals surface area contributed by atoms with Gasteiger partial charge in [0.1, 0.15) is 5.82 Å². The Hall–Kier alpha value is -0.900. The van der Waals surface area contributed by atoms with Crippen LogP contribution >= 0.6 is 12.6 Å². The molecule has 0 atom stereocenters. The van der Waals surface area contributed by atoms with Crippen molar-refractivity contribution < 1.29 is 4.39 Å². The first-order valence-electron chi connectivity index (χ1n) is 2.64. The van der Waals surface area contributed by atoms with E-state index in [4.69, 9.17) is 11.5 Å². The normalized spacial score (nSPS) is 9.80. The van der Waals surface area contributed by atoms with Crippen molar-refractivity contribution in [1.82, 2.24) is 0 Å². The lowest BCUT2D eigenvalue weighted by Crippen LogP contribution is -1.96. The number of nitrogen functional groups attached to an aromatic ring is 2. The van der Waals surface area contributed by atoms with Crippen LogP contribution in [0.1, 0.15) is 0 Å². The Kier molecular flexibility index (Phi) is 1.72. The lowest BCUT2D eigenvalue weighted by Gasteiger charge is -2.01. The monoisotopic (exact) mass is 158 g/mol. The Morgan fingerprint density at radius 3 is 2.40 bits per heavy atom. The number of anilines is 2. The lowest BCUT2D eigenvalue weighted by atomic mass is 10.3. The number of nitrogens with two attached hydrogens (primary N) is 2. The van der Waals surface area contributed by atoms with Gasteiger partial charge in [0.05, 0.1) is 11.4 Å². The van der Waals surface area contributed by atoms with Crippen LogP contribution < -0.4 is 11.5 Å². The minimum atomic E-state index is -0.420. The molecule has 0 saturated heterocycles. The molecule has 0 bridgehead atoms. The van der Waals surface area contributed by atoms with Crippen LogP contribution in [0, 0.1) is 5.82 Å². The first-order valence-corrected chi connectivity index (χ1v) is 3.09. The minimum absolute atomic E-state index is 0.227. The van der Waals surface area contributed by atoms with E-state index < -0.39 is 5.82 Å². The second-order valence-electron chi connectivity index (χ2n) is 1.93. The van der Waals surface area contributed by atoms with Crippen molar-refractivity contribution in [3.05, 3.63) is 17.9 Å². The Morgan fingerprint density at radius 2 is 1.90 bits per heavy atom. The van der Waals surface area contributed by atoms with Crippen molar-refractivity contribution in [3.63, 3.8) is 0 Å². The first-order chi connectivity index (χ1) is 4.61. The largest absolute Gasteiger partial charge is 0.397 e. The molecule has 0 aromatic heterocycles. The number of benzene rings is 1. The highest BCUT2D eigenvalue weighted by atomic mass is 32.1. The quantitative estimate of drug-likeness (QED) is 0.393. The van der Waals surface area contributed by atoms with Gasteiger partial charge in [0.25, 0.3) is 0 Å². The van der Waals surface area contributed by atoms with Crippen molar-refractivity contribution in [1.29, 1.82) is 0 Å². The van der Waals surface area contributed by atoms with Crippen molar-refractivity contribution in [2.45, 2.75) is 4.90 Å². The van der Waals surface area contributed by atoms with Crippen LogP contribution in [-0.4, -0.2) is 0 Å². The standard InChI is InChI=1S/C6H7FN2S/c7-3-1-4(8)6(9)5(10)2-3/h1-2,10H,8-9H2. The molecule has 0 unspecified atom stereocenters. The summed E-state index contributed by atoms with van der Waals surface area (Å²) in [5, 5.41) is 0. The molecule has 0 amide bonds. The minimum Gasteiger partial charge on any atom is -0.397 e. The van der Waals surface area contributed by atoms with Gasteiger partial charge in [-0.05, 0) is 12.1 Å². The fraction of sp³-hybridized carbons (Fsp3) is 0. The van der Waals surface area contributed by atoms with Gasteiger partial charge in [-0.3, -0.25) is 0 Å². The molecule has 2 nitrogen and oxygen atoms in total. The number of hydrogen-bond acceptors (Lipinski definition) is 3.